The highest BCUT2D eigenvalue weighted by Crippen LogP contribution is 2.31. The number of carbonyl (C=O) groups is 1. The number of amides is 1. The predicted molar refractivity (Wildman–Crippen MR) is 111 cm³/mol. The van der Waals surface area contributed by atoms with Crippen LogP contribution in [0.15, 0.2) is 89.8 Å². The summed E-state index contributed by atoms with van der Waals surface area (Å²) in [6, 6.07) is 21.1. The first-order chi connectivity index (χ1) is 14.3. The molecular weight excluding hydrogens is 364 g/mol. The molecule has 0 atom stereocenters. The molecule has 0 radical (unpaired) electrons. The Morgan fingerprint density at radius 3 is 2.55 bits per heavy atom. The monoisotopic (exact) mass is 380 g/mol. The predicted octanol–water partition coefficient (Wildman–Crippen LogP) is 5.14. The summed E-state index contributed by atoms with van der Waals surface area (Å²) in [6.45, 7) is 0. The van der Waals surface area contributed by atoms with Crippen LogP contribution in [0.1, 0.15) is 10.5 Å². The molecule has 3 heterocycles. The van der Waals surface area contributed by atoms with Crippen molar-refractivity contribution < 1.29 is 9.21 Å². The maximum atomic E-state index is 12.6. The third-order valence-electron chi connectivity index (χ3n) is 4.73. The van der Waals surface area contributed by atoms with E-state index in [9.17, 15) is 4.79 Å². The molecule has 5 aromatic rings. The standard InChI is InChI=1S/C23H16N4O2/c28-23(19-4-1-2-10-24-19)26-20-12-17(13-21-18(20)14-25-27-21)15-6-8-16(9-7-15)22-5-3-11-29-22/h1-14H,(H,25,27)(H,26,28). The molecule has 0 unspecified atom stereocenters. The van der Waals surface area contributed by atoms with E-state index in [-0.39, 0.29) is 5.91 Å². The molecule has 6 heteroatoms. The van der Waals surface area contributed by atoms with Crippen LogP contribution < -0.4 is 5.32 Å². The van der Waals surface area contributed by atoms with Gasteiger partial charge >= 0.3 is 0 Å². The second-order valence-corrected chi connectivity index (χ2v) is 6.58. The van der Waals surface area contributed by atoms with Crippen molar-refractivity contribution in [2.24, 2.45) is 0 Å². The number of rotatable bonds is 4. The molecule has 0 aliphatic heterocycles. The lowest BCUT2D eigenvalue weighted by atomic mass is 10.0. The molecule has 5 rings (SSSR count). The zero-order valence-electron chi connectivity index (χ0n) is 15.3. The molecule has 2 aromatic carbocycles. The number of carbonyl (C=O) groups excluding carboxylic acids is 1. The number of nitrogens with one attached hydrogen (secondary N) is 2. The zero-order chi connectivity index (χ0) is 19.6. The average Bonchev–Trinajstić information content (AvgIpc) is 3.47. The van der Waals surface area contributed by atoms with Gasteiger partial charge in [-0.05, 0) is 47.5 Å². The van der Waals surface area contributed by atoms with Crippen molar-refractivity contribution in [2.45, 2.75) is 0 Å². The minimum absolute atomic E-state index is 0.265. The fraction of sp³-hybridized carbons (Fsp3) is 0. The van der Waals surface area contributed by atoms with E-state index >= 15 is 0 Å². The van der Waals surface area contributed by atoms with Gasteiger partial charge < -0.3 is 9.73 Å². The number of nitrogens with zero attached hydrogens (tertiary/aromatic N) is 2. The lowest BCUT2D eigenvalue weighted by molar-refractivity contribution is 0.102. The summed E-state index contributed by atoms with van der Waals surface area (Å²) in [7, 11) is 0. The van der Waals surface area contributed by atoms with Crippen LogP contribution in [0, 0.1) is 0 Å². The molecule has 0 saturated heterocycles. The van der Waals surface area contributed by atoms with Crippen molar-refractivity contribution in [3.63, 3.8) is 0 Å². The number of aromatic nitrogens is 3. The molecular formula is C23H16N4O2. The third kappa shape index (κ3) is 3.27. The van der Waals surface area contributed by atoms with E-state index in [0.29, 0.717) is 11.4 Å². The van der Waals surface area contributed by atoms with Crippen LogP contribution in [0.25, 0.3) is 33.4 Å². The number of anilines is 1. The maximum absolute atomic E-state index is 12.6. The second-order valence-electron chi connectivity index (χ2n) is 6.58. The highest BCUT2D eigenvalue weighted by molar-refractivity contribution is 6.08. The van der Waals surface area contributed by atoms with Crippen molar-refractivity contribution in [3.05, 3.63) is 91.1 Å². The van der Waals surface area contributed by atoms with Gasteiger partial charge in [-0.1, -0.05) is 30.3 Å². The van der Waals surface area contributed by atoms with Gasteiger partial charge in [0.25, 0.3) is 5.91 Å². The molecule has 0 fully saturated rings. The number of furan rings is 1. The Bertz CT molecular complexity index is 1270. The van der Waals surface area contributed by atoms with Crippen LogP contribution >= 0.6 is 0 Å². The number of hydrogen-bond acceptors (Lipinski definition) is 4. The van der Waals surface area contributed by atoms with Gasteiger partial charge in [-0.3, -0.25) is 14.9 Å². The van der Waals surface area contributed by atoms with Gasteiger partial charge in [0.05, 0.1) is 23.7 Å². The smallest absolute Gasteiger partial charge is 0.274 e. The van der Waals surface area contributed by atoms with Crippen LogP contribution in [-0.2, 0) is 0 Å². The summed E-state index contributed by atoms with van der Waals surface area (Å²) in [5.41, 5.74) is 4.86. The molecule has 0 spiro atoms. The van der Waals surface area contributed by atoms with Crippen molar-refractivity contribution >= 4 is 22.5 Å². The van der Waals surface area contributed by atoms with E-state index in [4.69, 9.17) is 4.42 Å². The topological polar surface area (TPSA) is 83.8 Å². The van der Waals surface area contributed by atoms with E-state index in [1.165, 1.54) is 0 Å². The lowest BCUT2D eigenvalue weighted by Crippen LogP contribution is -2.13. The van der Waals surface area contributed by atoms with E-state index in [1.807, 2.05) is 48.5 Å². The summed E-state index contributed by atoms with van der Waals surface area (Å²) in [6.07, 6.45) is 4.96. The first kappa shape index (κ1) is 16.9. The second kappa shape index (κ2) is 7.09. The molecule has 3 aromatic heterocycles. The zero-order valence-corrected chi connectivity index (χ0v) is 15.3. The first-order valence-electron chi connectivity index (χ1n) is 9.12. The average molecular weight is 380 g/mol. The highest BCUT2D eigenvalue weighted by atomic mass is 16.3. The highest BCUT2D eigenvalue weighted by Gasteiger charge is 2.13. The molecule has 6 nitrogen and oxygen atoms in total. The van der Waals surface area contributed by atoms with Crippen LogP contribution in [0.4, 0.5) is 5.69 Å². The summed E-state index contributed by atoms with van der Waals surface area (Å²) in [4.78, 5) is 16.7. The van der Waals surface area contributed by atoms with Crippen LogP contribution in [0.3, 0.4) is 0 Å². The van der Waals surface area contributed by atoms with E-state index in [2.05, 4.69) is 20.5 Å². The number of H-pyrrole nitrogens is 1. The van der Waals surface area contributed by atoms with Crippen molar-refractivity contribution in [3.8, 4) is 22.5 Å². The van der Waals surface area contributed by atoms with Crippen LogP contribution in [0.2, 0.25) is 0 Å². The molecule has 0 saturated carbocycles. The summed E-state index contributed by atoms with van der Waals surface area (Å²) < 4.78 is 5.45. The van der Waals surface area contributed by atoms with E-state index in [0.717, 1.165) is 33.4 Å². The minimum atomic E-state index is -0.265. The fourth-order valence-corrected chi connectivity index (χ4v) is 3.27. The van der Waals surface area contributed by atoms with Gasteiger partial charge in [0.2, 0.25) is 0 Å². The fourth-order valence-electron chi connectivity index (χ4n) is 3.27. The van der Waals surface area contributed by atoms with E-state index in [1.54, 1.807) is 36.9 Å². The first-order valence-corrected chi connectivity index (χ1v) is 9.12. The number of pyridine rings is 1. The molecule has 0 bridgehead atoms. The molecule has 2 N–H and O–H groups in total. The van der Waals surface area contributed by atoms with Gasteiger partial charge in [-0.2, -0.15) is 5.10 Å². The van der Waals surface area contributed by atoms with Crippen LogP contribution in [0.5, 0.6) is 0 Å². The van der Waals surface area contributed by atoms with Crippen molar-refractivity contribution in [2.75, 3.05) is 5.32 Å². The molecule has 29 heavy (non-hydrogen) atoms. The Hall–Kier alpha value is -4.19. The number of hydrogen-bond donors (Lipinski definition) is 2. The molecule has 0 aliphatic rings. The normalized spacial score (nSPS) is 10.9. The summed E-state index contributed by atoms with van der Waals surface area (Å²) >= 11 is 0. The number of aromatic amines is 1. The maximum Gasteiger partial charge on any atom is 0.274 e. The van der Waals surface area contributed by atoms with Crippen LogP contribution in [-0.4, -0.2) is 21.1 Å². The minimum Gasteiger partial charge on any atom is -0.464 e. The Kier molecular flexibility index (Phi) is 4.14. The van der Waals surface area contributed by atoms with E-state index < -0.39 is 0 Å². The summed E-state index contributed by atoms with van der Waals surface area (Å²) in [5.74, 6) is 0.558. The molecule has 0 aliphatic carbocycles. The van der Waals surface area contributed by atoms with Gasteiger partial charge in [0, 0.05) is 17.1 Å². The molecule has 1 amide bonds. The largest absolute Gasteiger partial charge is 0.464 e. The van der Waals surface area contributed by atoms with Crippen molar-refractivity contribution in [1.29, 1.82) is 0 Å². The number of fused-ring (bicyclic) bond motifs is 1. The van der Waals surface area contributed by atoms with Gasteiger partial charge in [0.1, 0.15) is 11.5 Å². The Morgan fingerprint density at radius 2 is 1.79 bits per heavy atom. The Morgan fingerprint density at radius 1 is 0.931 bits per heavy atom. The third-order valence-corrected chi connectivity index (χ3v) is 4.73. The van der Waals surface area contributed by atoms with Gasteiger partial charge in [-0.15, -0.1) is 0 Å². The SMILES string of the molecule is O=C(Nc1cc(-c2ccc(-c3ccco3)cc2)cc2[nH]ncc12)c1ccccn1. The lowest BCUT2D eigenvalue weighted by Gasteiger charge is -2.10. The molecule has 140 valence electrons. The van der Waals surface area contributed by atoms with Gasteiger partial charge in [-0.25, -0.2) is 0 Å². The summed E-state index contributed by atoms with van der Waals surface area (Å²) in [5, 5.41) is 10.9. The number of benzene rings is 2. The Labute approximate surface area is 166 Å². The van der Waals surface area contributed by atoms with Crippen molar-refractivity contribution in [1.82, 2.24) is 15.2 Å². The quantitative estimate of drug-likeness (QED) is 0.452. The van der Waals surface area contributed by atoms with Gasteiger partial charge in [0.15, 0.2) is 0 Å². The Balaban J connectivity index is 1.51.